The van der Waals surface area contributed by atoms with Crippen LogP contribution in [0.2, 0.25) is 0 Å². The summed E-state index contributed by atoms with van der Waals surface area (Å²) in [6.45, 7) is 4.54. The van der Waals surface area contributed by atoms with Gasteiger partial charge in [0.1, 0.15) is 5.69 Å². The van der Waals surface area contributed by atoms with Crippen molar-refractivity contribution in [2.75, 3.05) is 20.6 Å². The monoisotopic (exact) mass is 314 g/mol. The Hall–Kier alpha value is -2.47. The first-order valence-electron chi connectivity index (χ1n) is 7.43. The minimum absolute atomic E-state index is 0.177. The summed E-state index contributed by atoms with van der Waals surface area (Å²) < 4.78 is 1.23. The summed E-state index contributed by atoms with van der Waals surface area (Å²) in [5.74, 6) is -0.301. The van der Waals surface area contributed by atoms with Crippen molar-refractivity contribution < 1.29 is 4.79 Å². The number of likely N-dealkylation sites (N-methyl/N-ethyl adjacent to an activating group) is 1. The number of carbonyl (C=O) groups is 1. The number of nitrogens with one attached hydrogen (secondary N) is 1. The van der Waals surface area contributed by atoms with Gasteiger partial charge < -0.3 is 10.2 Å². The van der Waals surface area contributed by atoms with E-state index in [0.29, 0.717) is 12.2 Å². The highest BCUT2D eigenvalue weighted by atomic mass is 16.2. The zero-order chi connectivity index (χ0) is 17.0. The SMILES string of the molecule is CN(C)C(C)(C)CNC(=O)c1ccc(=O)n(-c2ccccc2)n1. The van der Waals surface area contributed by atoms with E-state index >= 15 is 0 Å². The summed E-state index contributed by atoms with van der Waals surface area (Å²) in [6.07, 6.45) is 0. The summed E-state index contributed by atoms with van der Waals surface area (Å²) in [7, 11) is 3.92. The van der Waals surface area contributed by atoms with Crippen LogP contribution in [0.4, 0.5) is 0 Å². The topological polar surface area (TPSA) is 67.2 Å². The van der Waals surface area contributed by atoms with E-state index in [4.69, 9.17) is 0 Å². The highest BCUT2D eigenvalue weighted by Crippen LogP contribution is 2.08. The first-order valence-corrected chi connectivity index (χ1v) is 7.43. The molecule has 0 saturated heterocycles. The number of aromatic nitrogens is 2. The van der Waals surface area contributed by atoms with Gasteiger partial charge in [-0.25, -0.2) is 0 Å². The molecule has 2 rings (SSSR count). The molecule has 6 heteroatoms. The molecule has 1 amide bonds. The van der Waals surface area contributed by atoms with Crippen molar-refractivity contribution >= 4 is 5.91 Å². The average molecular weight is 314 g/mol. The van der Waals surface area contributed by atoms with E-state index in [1.165, 1.54) is 16.8 Å². The van der Waals surface area contributed by atoms with Gasteiger partial charge in [-0.1, -0.05) is 18.2 Å². The van der Waals surface area contributed by atoms with E-state index in [1.54, 1.807) is 12.1 Å². The molecule has 0 saturated carbocycles. The molecule has 23 heavy (non-hydrogen) atoms. The van der Waals surface area contributed by atoms with Crippen molar-refractivity contribution in [3.05, 3.63) is 58.5 Å². The van der Waals surface area contributed by atoms with Gasteiger partial charge in [0.25, 0.3) is 11.5 Å². The van der Waals surface area contributed by atoms with Crippen molar-refractivity contribution in [1.29, 1.82) is 0 Å². The van der Waals surface area contributed by atoms with E-state index in [1.807, 2.05) is 51.0 Å². The molecule has 0 bridgehead atoms. The van der Waals surface area contributed by atoms with E-state index in [9.17, 15) is 9.59 Å². The fraction of sp³-hybridized carbons (Fsp3) is 0.353. The van der Waals surface area contributed by atoms with Crippen molar-refractivity contribution in [2.45, 2.75) is 19.4 Å². The number of hydrogen-bond acceptors (Lipinski definition) is 4. The van der Waals surface area contributed by atoms with Crippen LogP contribution < -0.4 is 10.9 Å². The Morgan fingerprint density at radius 1 is 1.17 bits per heavy atom. The van der Waals surface area contributed by atoms with Crippen LogP contribution in [0.5, 0.6) is 0 Å². The maximum Gasteiger partial charge on any atom is 0.271 e. The lowest BCUT2D eigenvalue weighted by molar-refractivity contribution is 0.0913. The van der Waals surface area contributed by atoms with Gasteiger partial charge in [-0.05, 0) is 46.1 Å². The smallest absolute Gasteiger partial charge is 0.271 e. The van der Waals surface area contributed by atoms with Gasteiger partial charge in [0.05, 0.1) is 5.69 Å². The number of benzene rings is 1. The fourth-order valence-electron chi connectivity index (χ4n) is 1.83. The third-order valence-corrected chi connectivity index (χ3v) is 3.93. The van der Waals surface area contributed by atoms with Gasteiger partial charge in [0.2, 0.25) is 0 Å². The number of carbonyl (C=O) groups excluding carboxylic acids is 1. The fourth-order valence-corrected chi connectivity index (χ4v) is 1.83. The molecule has 0 aliphatic rings. The molecule has 2 aromatic rings. The van der Waals surface area contributed by atoms with Crippen LogP contribution >= 0.6 is 0 Å². The number of amides is 1. The van der Waals surface area contributed by atoms with Gasteiger partial charge in [-0.15, -0.1) is 0 Å². The summed E-state index contributed by atoms with van der Waals surface area (Å²) in [4.78, 5) is 26.3. The molecule has 0 atom stereocenters. The largest absolute Gasteiger partial charge is 0.349 e. The molecule has 0 aliphatic heterocycles. The number of nitrogens with zero attached hydrogens (tertiary/aromatic N) is 3. The molecule has 1 N–H and O–H groups in total. The highest BCUT2D eigenvalue weighted by Gasteiger charge is 2.22. The van der Waals surface area contributed by atoms with Crippen molar-refractivity contribution in [1.82, 2.24) is 20.0 Å². The Morgan fingerprint density at radius 3 is 2.43 bits per heavy atom. The number of para-hydroxylation sites is 1. The van der Waals surface area contributed by atoms with Crippen molar-refractivity contribution in [3.63, 3.8) is 0 Å². The molecular formula is C17H22N4O2. The Morgan fingerprint density at radius 2 is 1.83 bits per heavy atom. The second-order valence-corrected chi connectivity index (χ2v) is 6.19. The lowest BCUT2D eigenvalue weighted by Crippen LogP contribution is -2.48. The van der Waals surface area contributed by atoms with Gasteiger partial charge >= 0.3 is 0 Å². The van der Waals surface area contributed by atoms with E-state index < -0.39 is 0 Å². The Balaban J connectivity index is 2.21. The lowest BCUT2D eigenvalue weighted by Gasteiger charge is -2.32. The maximum atomic E-state index is 12.3. The molecule has 1 aromatic heterocycles. The number of hydrogen-bond donors (Lipinski definition) is 1. The molecule has 0 unspecified atom stereocenters. The predicted molar refractivity (Wildman–Crippen MR) is 89.9 cm³/mol. The van der Waals surface area contributed by atoms with Crippen LogP contribution in [-0.4, -0.2) is 46.8 Å². The molecule has 0 fully saturated rings. The van der Waals surface area contributed by atoms with Crippen LogP contribution in [0.3, 0.4) is 0 Å². The average Bonchev–Trinajstić information content (AvgIpc) is 2.54. The standard InChI is InChI=1S/C17H22N4O2/c1-17(2,20(3)4)12-18-16(23)14-10-11-15(22)21(19-14)13-8-6-5-7-9-13/h5-11H,12H2,1-4H3,(H,18,23). The Bertz CT molecular complexity index is 736. The van der Waals surface area contributed by atoms with Crippen molar-refractivity contribution in [3.8, 4) is 5.69 Å². The number of rotatable bonds is 5. The molecule has 0 aliphatic carbocycles. The molecular weight excluding hydrogens is 292 g/mol. The third-order valence-electron chi connectivity index (χ3n) is 3.93. The van der Waals surface area contributed by atoms with E-state index in [-0.39, 0.29) is 22.7 Å². The normalized spacial score (nSPS) is 11.5. The van der Waals surface area contributed by atoms with Crippen LogP contribution in [0, 0.1) is 0 Å². The first-order chi connectivity index (χ1) is 10.8. The second-order valence-electron chi connectivity index (χ2n) is 6.19. The zero-order valence-corrected chi connectivity index (χ0v) is 13.9. The highest BCUT2D eigenvalue weighted by molar-refractivity contribution is 5.92. The Kier molecular flexibility index (Phi) is 4.95. The van der Waals surface area contributed by atoms with Gasteiger partial charge in [0.15, 0.2) is 0 Å². The molecule has 122 valence electrons. The molecule has 0 radical (unpaired) electrons. The summed E-state index contributed by atoms with van der Waals surface area (Å²) in [5, 5.41) is 7.03. The maximum absolute atomic E-state index is 12.3. The van der Waals surface area contributed by atoms with Crippen molar-refractivity contribution in [2.24, 2.45) is 0 Å². The second kappa shape index (κ2) is 6.75. The summed E-state index contributed by atoms with van der Waals surface area (Å²) in [5.41, 5.74) is 0.383. The molecule has 0 spiro atoms. The van der Waals surface area contributed by atoms with Gasteiger partial charge in [-0.2, -0.15) is 9.78 Å². The van der Waals surface area contributed by atoms with Crippen LogP contribution in [0.1, 0.15) is 24.3 Å². The Labute approximate surface area is 135 Å². The van der Waals surface area contributed by atoms with Gasteiger partial charge in [-0.3, -0.25) is 9.59 Å². The van der Waals surface area contributed by atoms with E-state index in [0.717, 1.165) is 0 Å². The molecule has 1 aromatic carbocycles. The third kappa shape index (κ3) is 4.04. The van der Waals surface area contributed by atoms with Gasteiger partial charge in [0, 0.05) is 18.2 Å². The molecule has 1 heterocycles. The zero-order valence-electron chi connectivity index (χ0n) is 13.9. The minimum atomic E-state index is -0.301. The van der Waals surface area contributed by atoms with Crippen LogP contribution in [0.25, 0.3) is 5.69 Å². The minimum Gasteiger partial charge on any atom is -0.349 e. The van der Waals surface area contributed by atoms with E-state index in [2.05, 4.69) is 10.4 Å². The summed E-state index contributed by atoms with van der Waals surface area (Å²) >= 11 is 0. The molecule has 6 nitrogen and oxygen atoms in total. The van der Waals surface area contributed by atoms with Crippen LogP contribution in [0.15, 0.2) is 47.3 Å². The summed E-state index contributed by atoms with van der Waals surface area (Å²) in [6, 6.07) is 11.8. The first kappa shape index (κ1) is 16.9. The predicted octanol–water partition coefficient (Wildman–Crippen LogP) is 1.30. The van der Waals surface area contributed by atoms with Crippen LogP contribution in [-0.2, 0) is 0 Å². The lowest BCUT2D eigenvalue weighted by atomic mass is 10.0. The quantitative estimate of drug-likeness (QED) is 0.903.